The van der Waals surface area contributed by atoms with E-state index >= 15 is 0 Å². The first-order chi connectivity index (χ1) is 11.6. The number of nitrogens with zero attached hydrogens (tertiary/aromatic N) is 2. The fourth-order valence-electron chi connectivity index (χ4n) is 3.18. The number of hydrogen-bond acceptors (Lipinski definition) is 2. The topological polar surface area (TPSA) is 29.9 Å². The predicted molar refractivity (Wildman–Crippen MR) is 99.8 cm³/mol. The second-order valence-corrected chi connectivity index (χ2v) is 6.96. The molecule has 0 amide bonds. The largest absolute Gasteiger partial charge is 0.369 e. The normalized spacial score (nSPS) is 13.0. The molecular weight excluding hydrogens is 341 g/mol. The Bertz CT molecular complexity index is 915. The van der Waals surface area contributed by atoms with Crippen LogP contribution >= 0.6 is 23.2 Å². The molecule has 1 aliphatic rings. The lowest BCUT2D eigenvalue weighted by Gasteiger charge is -2.07. The smallest absolute Gasteiger partial charge is 0.133 e. The van der Waals surface area contributed by atoms with Gasteiger partial charge < -0.3 is 5.32 Å². The van der Waals surface area contributed by atoms with E-state index < -0.39 is 0 Å². The molecule has 0 atom stereocenters. The van der Waals surface area contributed by atoms with Crippen LogP contribution in [0.2, 0.25) is 10.0 Å². The third-order valence-electron chi connectivity index (χ3n) is 4.35. The van der Waals surface area contributed by atoms with Gasteiger partial charge in [-0.25, -0.2) is 4.68 Å². The Morgan fingerprint density at radius 2 is 2.04 bits per heavy atom. The highest BCUT2D eigenvalue weighted by molar-refractivity contribution is 6.35. The summed E-state index contributed by atoms with van der Waals surface area (Å²) in [5.41, 5.74) is 5.69. The van der Waals surface area contributed by atoms with E-state index in [1.165, 1.54) is 11.1 Å². The molecule has 5 heteroatoms. The van der Waals surface area contributed by atoms with E-state index in [9.17, 15) is 0 Å². The van der Waals surface area contributed by atoms with E-state index in [1.54, 1.807) is 6.07 Å². The molecule has 1 aromatic heterocycles. The molecule has 1 N–H and O–H groups in total. The molecule has 4 rings (SSSR count). The third kappa shape index (κ3) is 2.79. The Balaban J connectivity index is 1.76. The van der Waals surface area contributed by atoms with Crippen molar-refractivity contribution < 1.29 is 0 Å². The van der Waals surface area contributed by atoms with Crippen LogP contribution in [0.5, 0.6) is 0 Å². The van der Waals surface area contributed by atoms with Crippen molar-refractivity contribution in [3.05, 3.63) is 74.9 Å². The molecule has 0 saturated carbocycles. The van der Waals surface area contributed by atoms with Crippen molar-refractivity contribution in [1.29, 1.82) is 0 Å². The molecule has 24 heavy (non-hydrogen) atoms. The van der Waals surface area contributed by atoms with E-state index in [4.69, 9.17) is 28.3 Å². The van der Waals surface area contributed by atoms with Gasteiger partial charge in [0.05, 0.1) is 11.4 Å². The monoisotopic (exact) mass is 357 g/mol. The third-order valence-corrected chi connectivity index (χ3v) is 4.94. The number of anilines is 1. The number of fused-ring (bicyclic) bond motifs is 1. The fourth-order valence-corrected chi connectivity index (χ4v) is 3.66. The number of aromatic nitrogens is 2. The van der Waals surface area contributed by atoms with Crippen LogP contribution in [0.3, 0.4) is 0 Å². The molecule has 1 aliphatic heterocycles. The first-order valence-corrected chi connectivity index (χ1v) is 8.73. The van der Waals surface area contributed by atoms with Gasteiger partial charge in [0.25, 0.3) is 0 Å². The molecule has 122 valence electrons. The van der Waals surface area contributed by atoms with Gasteiger partial charge in [0.1, 0.15) is 5.82 Å². The summed E-state index contributed by atoms with van der Waals surface area (Å²) in [6.45, 7) is 3.04. The van der Waals surface area contributed by atoms with Crippen LogP contribution in [0.15, 0.2) is 42.5 Å². The molecule has 0 saturated heterocycles. The number of aryl methyl sites for hydroxylation is 1. The maximum absolute atomic E-state index is 6.34. The van der Waals surface area contributed by atoms with Crippen molar-refractivity contribution in [3.8, 4) is 5.69 Å². The summed E-state index contributed by atoms with van der Waals surface area (Å²) >= 11 is 12.3. The molecule has 0 bridgehead atoms. The highest BCUT2D eigenvalue weighted by Crippen LogP contribution is 2.31. The van der Waals surface area contributed by atoms with E-state index in [-0.39, 0.29) is 0 Å². The first kappa shape index (κ1) is 15.6. The molecule has 2 aromatic carbocycles. The minimum atomic E-state index is 0.654. The Labute approximate surface area is 151 Å². The number of rotatable bonds is 3. The molecule has 2 heterocycles. The summed E-state index contributed by atoms with van der Waals surface area (Å²) in [7, 11) is 0. The van der Waals surface area contributed by atoms with E-state index in [0.29, 0.717) is 16.5 Å². The van der Waals surface area contributed by atoms with Gasteiger partial charge in [-0.15, -0.1) is 0 Å². The zero-order valence-corrected chi connectivity index (χ0v) is 14.8. The molecular formula is C19H17Cl2N3. The number of halogens is 2. The second kappa shape index (κ2) is 6.15. The molecule has 0 unspecified atom stereocenters. The van der Waals surface area contributed by atoms with Gasteiger partial charge >= 0.3 is 0 Å². The molecule has 3 nitrogen and oxygen atoms in total. The summed E-state index contributed by atoms with van der Waals surface area (Å²) < 4.78 is 2.01. The Morgan fingerprint density at radius 3 is 2.83 bits per heavy atom. The van der Waals surface area contributed by atoms with Crippen molar-refractivity contribution in [3.63, 3.8) is 0 Å². The van der Waals surface area contributed by atoms with Gasteiger partial charge in [-0.1, -0.05) is 41.4 Å². The maximum Gasteiger partial charge on any atom is 0.133 e. The average molecular weight is 358 g/mol. The van der Waals surface area contributed by atoms with Gasteiger partial charge in [0.15, 0.2) is 0 Å². The lowest BCUT2D eigenvalue weighted by Crippen LogP contribution is -2.05. The SMILES string of the molecule is Cc1cccc(-n2nc(Cc3ccc(Cl)cc3Cl)c3c2NCC3)c1. The minimum Gasteiger partial charge on any atom is -0.369 e. The van der Waals surface area contributed by atoms with Crippen molar-refractivity contribution in [2.45, 2.75) is 19.8 Å². The molecule has 0 radical (unpaired) electrons. The van der Waals surface area contributed by atoms with Crippen molar-refractivity contribution in [2.75, 3.05) is 11.9 Å². The molecule has 0 aliphatic carbocycles. The fraction of sp³-hybridized carbons (Fsp3) is 0.211. The van der Waals surface area contributed by atoms with Crippen molar-refractivity contribution >= 4 is 29.0 Å². The van der Waals surface area contributed by atoms with E-state index in [1.807, 2.05) is 16.8 Å². The standard InChI is InChI=1S/C19H17Cl2N3/c1-12-3-2-4-15(9-12)24-19-16(7-8-22-19)18(23-24)10-13-5-6-14(20)11-17(13)21/h2-6,9,11,22H,7-8,10H2,1H3. The van der Waals surface area contributed by atoms with Crippen molar-refractivity contribution in [2.24, 2.45) is 0 Å². The van der Waals surface area contributed by atoms with Crippen LogP contribution in [-0.2, 0) is 12.8 Å². The Kier molecular flexibility index (Phi) is 3.99. The summed E-state index contributed by atoms with van der Waals surface area (Å²) in [6, 6.07) is 14.0. The quantitative estimate of drug-likeness (QED) is 0.710. The zero-order chi connectivity index (χ0) is 16.7. The van der Waals surface area contributed by atoms with Gasteiger partial charge in [0, 0.05) is 28.6 Å². The van der Waals surface area contributed by atoms with Crippen LogP contribution < -0.4 is 5.32 Å². The molecule has 0 fully saturated rings. The highest BCUT2D eigenvalue weighted by atomic mass is 35.5. The Morgan fingerprint density at radius 1 is 1.17 bits per heavy atom. The van der Waals surface area contributed by atoms with E-state index in [2.05, 4.69) is 36.5 Å². The minimum absolute atomic E-state index is 0.654. The van der Waals surface area contributed by atoms with Crippen LogP contribution in [-0.4, -0.2) is 16.3 Å². The molecule has 3 aromatic rings. The van der Waals surface area contributed by atoms with E-state index in [0.717, 1.165) is 35.7 Å². The average Bonchev–Trinajstić information content (AvgIpc) is 3.13. The van der Waals surface area contributed by atoms with Gasteiger partial charge in [-0.2, -0.15) is 5.10 Å². The Hall–Kier alpha value is -1.97. The zero-order valence-electron chi connectivity index (χ0n) is 13.3. The van der Waals surface area contributed by atoms with Gasteiger partial charge in [0.2, 0.25) is 0 Å². The lowest BCUT2D eigenvalue weighted by atomic mass is 10.1. The van der Waals surface area contributed by atoms with Crippen molar-refractivity contribution in [1.82, 2.24) is 9.78 Å². The van der Waals surface area contributed by atoms with Crippen LogP contribution in [0.25, 0.3) is 5.69 Å². The predicted octanol–water partition coefficient (Wildman–Crippen LogP) is 5.05. The second-order valence-electron chi connectivity index (χ2n) is 6.11. The number of nitrogens with one attached hydrogen (secondary N) is 1. The number of benzene rings is 2. The maximum atomic E-state index is 6.34. The van der Waals surface area contributed by atoms with Crippen LogP contribution in [0.4, 0.5) is 5.82 Å². The molecule has 0 spiro atoms. The lowest BCUT2D eigenvalue weighted by molar-refractivity contribution is 0.839. The highest BCUT2D eigenvalue weighted by Gasteiger charge is 2.23. The summed E-state index contributed by atoms with van der Waals surface area (Å²) in [5.74, 6) is 1.10. The first-order valence-electron chi connectivity index (χ1n) is 7.97. The summed E-state index contributed by atoms with van der Waals surface area (Å²) in [4.78, 5) is 0. The van der Waals surface area contributed by atoms with Crippen LogP contribution in [0.1, 0.15) is 22.4 Å². The summed E-state index contributed by atoms with van der Waals surface area (Å²) in [6.07, 6.45) is 1.69. The van der Waals surface area contributed by atoms with Gasteiger partial charge in [-0.3, -0.25) is 0 Å². The van der Waals surface area contributed by atoms with Crippen LogP contribution in [0, 0.1) is 6.92 Å². The summed E-state index contributed by atoms with van der Waals surface area (Å²) in [5, 5.41) is 9.67. The number of hydrogen-bond donors (Lipinski definition) is 1. The van der Waals surface area contributed by atoms with Gasteiger partial charge in [-0.05, 0) is 48.7 Å².